The molecule has 1 N–H and O–H groups in total. The molecule has 31 heavy (non-hydrogen) atoms. The minimum atomic E-state index is -3.76. The summed E-state index contributed by atoms with van der Waals surface area (Å²) in [6.07, 6.45) is 4.01. The number of hydrogen-bond donors (Lipinski definition) is 1. The molecule has 1 amide bonds. The molecule has 0 spiro atoms. The number of benzene rings is 1. The van der Waals surface area contributed by atoms with Gasteiger partial charge in [0.25, 0.3) is 0 Å². The smallest absolute Gasteiger partial charge is 0.227 e. The maximum Gasteiger partial charge on any atom is 0.227 e. The fourth-order valence-corrected chi connectivity index (χ4v) is 7.13. The predicted octanol–water partition coefficient (Wildman–Crippen LogP) is 4.95. The van der Waals surface area contributed by atoms with E-state index in [0.717, 1.165) is 10.0 Å². The highest BCUT2D eigenvalue weighted by atomic mass is 79.9. The van der Waals surface area contributed by atoms with Crippen molar-refractivity contribution in [3.63, 3.8) is 0 Å². The van der Waals surface area contributed by atoms with Crippen LogP contribution in [0.5, 0.6) is 0 Å². The molecule has 1 saturated carbocycles. The number of halogens is 3. The molecule has 2 aliphatic rings. The molecule has 4 rings (SSSR count). The Kier molecular flexibility index (Phi) is 6.32. The van der Waals surface area contributed by atoms with Crippen LogP contribution in [0.4, 0.5) is 0 Å². The summed E-state index contributed by atoms with van der Waals surface area (Å²) < 4.78 is 27.6. The molecule has 2 aliphatic carbocycles. The zero-order chi connectivity index (χ0) is 22.2. The fraction of sp³-hybridized carbons (Fsp3) is 0.273. The third-order valence-corrected chi connectivity index (χ3v) is 9.12. The van der Waals surface area contributed by atoms with E-state index in [-0.39, 0.29) is 17.9 Å². The number of pyridine rings is 1. The van der Waals surface area contributed by atoms with Gasteiger partial charge < -0.3 is 5.32 Å². The van der Waals surface area contributed by atoms with Gasteiger partial charge in [0.1, 0.15) is 0 Å². The number of nitrogens with zero attached hydrogens (tertiary/aromatic N) is 1. The summed E-state index contributed by atoms with van der Waals surface area (Å²) in [6.45, 7) is 0. The molecule has 0 aliphatic heterocycles. The molecule has 1 atom stereocenters. The quantitative estimate of drug-likeness (QED) is 0.561. The summed E-state index contributed by atoms with van der Waals surface area (Å²) in [5.74, 6) is -0.465. The van der Waals surface area contributed by atoms with Crippen LogP contribution < -0.4 is 5.32 Å². The summed E-state index contributed by atoms with van der Waals surface area (Å²) >= 11 is 16.5. The van der Waals surface area contributed by atoms with Crippen molar-refractivity contribution in [2.24, 2.45) is 0 Å². The molecule has 9 heteroatoms. The molecule has 0 radical (unpaired) electrons. The number of aromatic nitrogens is 1. The first-order valence-electron chi connectivity index (χ1n) is 9.69. The van der Waals surface area contributed by atoms with E-state index in [1.54, 1.807) is 18.3 Å². The number of allylic oxidation sites excluding steroid dienone is 2. The van der Waals surface area contributed by atoms with E-state index < -0.39 is 25.9 Å². The van der Waals surface area contributed by atoms with Crippen molar-refractivity contribution in [3.8, 4) is 0 Å². The van der Waals surface area contributed by atoms with Gasteiger partial charge in [0.05, 0.1) is 11.7 Å². The maximum atomic E-state index is 13.4. The van der Waals surface area contributed by atoms with Gasteiger partial charge in [-0.15, -0.1) is 0 Å². The van der Waals surface area contributed by atoms with E-state index in [1.165, 1.54) is 6.08 Å². The van der Waals surface area contributed by atoms with Crippen molar-refractivity contribution in [2.45, 2.75) is 35.8 Å². The maximum absolute atomic E-state index is 13.4. The minimum absolute atomic E-state index is 0.0620. The van der Waals surface area contributed by atoms with Crippen LogP contribution in [0.15, 0.2) is 69.3 Å². The van der Waals surface area contributed by atoms with Gasteiger partial charge in [-0.05, 0) is 52.5 Å². The van der Waals surface area contributed by atoms with Crippen LogP contribution in [0.3, 0.4) is 0 Å². The molecule has 1 unspecified atom stereocenters. The van der Waals surface area contributed by atoms with Gasteiger partial charge in [-0.1, -0.05) is 53.5 Å². The Bertz CT molecular complexity index is 1180. The molecule has 1 heterocycles. The van der Waals surface area contributed by atoms with Gasteiger partial charge in [0.15, 0.2) is 14.7 Å². The molecular weight excluding hydrogens is 523 g/mol. The number of carbonyl (C=O) groups excluding carboxylic acids is 1. The summed E-state index contributed by atoms with van der Waals surface area (Å²) in [6, 6.07) is 12.8. The molecule has 0 saturated heterocycles. The highest BCUT2D eigenvalue weighted by Gasteiger charge is 2.53. The van der Waals surface area contributed by atoms with Gasteiger partial charge in [0, 0.05) is 38.4 Å². The lowest BCUT2D eigenvalue weighted by atomic mass is 9.96. The molecule has 0 bridgehead atoms. The first-order chi connectivity index (χ1) is 14.7. The van der Waals surface area contributed by atoms with Crippen LogP contribution in [-0.2, 0) is 21.1 Å². The molecule has 162 valence electrons. The third kappa shape index (κ3) is 4.60. The largest absolute Gasteiger partial charge is 0.333 e. The average molecular weight is 542 g/mol. The lowest BCUT2D eigenvalue weighted by Crippen LogP contribution is -2.55. The molecule has 1 fully saturated rings. The fourth-order valence-electron chi connectivity index (χ4n) is 3.64. The Morgan fingerprint density at radius 2 is 1.87 bits per heavy atom. The third-order valence-electron chi connectivity index (χ3n) is 5.30. The molecule has 1 aromatic heterocycles. The van der Waals surface area contributed by atoms with Crippen LogP contribution >= 0.6 is 39.1 Å². The molecule has 1 aromatic carbocycles. The Balaban J connectivity index is 1.68. The van der Waals surface area contributed by atoms with Crippen molar-refractivity contribution in [3.05, 3.63) is 80.5 Å². The van der Waals surface area contributed by atoms with E-state index in [2.05, 4.69) is 26.2 Å². The number of nitrogens with one attached hydrogen (secondary N) is 1. The van der Waals surface area contributed by atoms with Gasteiger partial charge in [-0.25, -0.2) is 8.42 Å². The van der Waals surface area contributed by atoms with Gasteiger partial charge in [-0.3, -0.25) is 9.78 Å². The zero-order valence-corrected chi connectivity index (χ0v) is 20.2. The number of sulfone groups is 1. The van der Waals surface area contributed by atoms with Gasteiger partial charge >= 0.3 is 0 Å². The first-order valence-corrected chi connectivity index (χ1v) is 12.8. The second-order valence-corrected chi connectivity index (χ2v) is 11.9. The van der Waals surface area contributed by atoms with Crippen LogP contribution in [0.25, 0.3) is 5.57 Å². The topological polar surface area (TPSA) is 76.1 Å². The number of carbonyl (C=O) groups is 1. The summed E-state index contributed by atoms with van der Waals surface area (Å²) in [7, 11) is -3.76. The van der Waals surface area contributed by atoms with E-state index in [1.807, 2.05) is 30.3 Å². The van der Waals surface area contributed by atoms with Crippen molar-refractivity contribution in [1.82, 2.24) is 10.3 Å². The second kappa shape index (κ2) is 8.70. The Labute approximate surface area is 199 Å². The van der Waals surface area contributed by atoms with Crippen LogP contribution in [0.1, 0.15) is 30.5 Å². The lowest BCUT2D eigenvalue weighted by Gasteiger charge is -2.35. The Morgan fingerprint density at radius 3 is 2.45 bits per heavy atom. The minimum Gasteiger partial charge on any atom is -0.333 e. The highest BCUT2D eigenvalue weighted by molar-refractivity contribution is 9.10. The summed E-state index contributed by atoms with van der Waals surface area (Å²) in [5, 5.41) is 2.72. The van der Waals surface area contributed by atoms with E-state index in [0.29, 0.717) is 29.1 Å². The average Bonchev–Trinajstić information content (AvgIpc) is 3.56. The van der Waals surface area contributed by atoms with E-state index in [4.69, 9.17) is 23.2 Å². The SMILES string of the molecule is O=C(Cc1ccc(Br)cn1)NC1(S(=O)(=O)C2CC2)C=C(Cl)C(c2ccccc2)=C(Cl)C1. The van der Waals surface area contributed by atoms with E-state index >= 15 is 0 Å². The monoisotopic (exact) mass is 540 g/mol. The molecular formula is C22H19BrCl2N2O3S. The van der Waals surface area contributed by atoms with Crippen LogP contribution in [0, 0.1) is 0 Å². The highest BCUT2D eigenvalue weighted by Crippen LogP contribution is 2.47. The van der Waals surface area contributed by atoms with Crippen LogP contribution in [-0.4, -0.2) is 29.4 Å². The zero-order valence-electron chi connectivity index (χ0n) is 16.3. The normalized spacial score (nSPS) is 21.6. The number of hydrogen-bond acceptors (Lipinski definition) is 4. The van der Waals surface area contributed by atoms with E-state index in [9.17, 15) is 13.2 Å². The van der Waals surface area contributed by atoms with Crippen LogP contribution in [0.2, 0.25) is 0 Å². The van der Waals surface area contributed by atoms with Crippen molar-refractivity contribution in [1.29, 1.82) is 0 Å². The molecule has 2 aromatic rings. The van der Waals surface area contributed by atoms with Gasteiger partial charge in [0.2, 0.25) is 5.91 Å². The molecule has 5 nitrogen and oxygen atoms in total. The number of rotatable bonds is 6. The van der Waals surface area contributed by atoms with Crippen molar-refractivity contribution < 1.29 is 13.2 Å². The Morgan fingerprint density at radius 1 is 1.16 bits per heavy atom. The summed E-state index contributed by atoms with van der Waals surface area (Å²) in [4.78, 5) is 15.4. The second-order valence-electron chi connectivity index (χ2n) is 7.64. The van der Waals surface area contributed by atoms with Gasteiger partial charge in [-0.2, -0.15) is 0 Å². The first kappa shape index (κ1) is 22.5. The summed E-state index contributed by atoms with van der Waals surface area (Å²) in [5.41, 5.74) is 1.89. The lowest BCUT2D eigenvalue weighted by molar-refractivity contribution is -0.121. The number of amides is 1. The van der Waals surface area contributed by atoms with Crippen molar-refractivity contribution >= 4 is 60.4 Å². The Hall–Kier alpha value is -1.67. The standard InChI is InChI=1S/C22H19BrCl2N2O3S/c23-15-6-7-16(26-13-15)10-20(28)27-22(31(29,30)17-8-9-17)11-18(24)21(19(25)12-22)14-4-2-1-3-5-14/h1-7,11,13,17H,8-10,12H2,(H,27,28). The predicted molar refractivity (Wildman–Crippen MR) is 126 cm³/mol. The van der Waals surface area contributed by atoms with Crippen molar-refractivity contribution in [2.75, 3.05) is 0 Å².